The third kappa shape index (κ3) is 2.34. The van der Waals surface area contributed by atoms with Crippen LogP contribution in [0.15, 0.2) is 18.2 Å². The van der Waals surface area contributed by atoms with E-state index in [1.54, 1.807) is 17.4 Å². The van der Waals surface area contributed by atoms with Crippen molar-refractivity contribution in [2.24, 2.45) is 0 Å². The summed E-state index contributed by atoms with van der Waals surface area (Å²) < 4.78 is 0. The summed E-state index contributed by atoms with van der Waals surface area (Å²) >= 11 is 13.6. The molecular formula is C12H11Cl2N3S. The Hall–Kier alpha value is -0.810. The molecule has 1 aromatic carbocycles. The minimum atomic E-state index is 0.657. The molecule has 0 fully saturated rings. The normalized spacial score (nSPS) is 15.0. The zero-order chi connectivity index (χ0) is 12.7. The van der Waals surface area contributed by atoms with Gasteiger partial charge in [0.1, 0.15) is 0 Å². The van der Waals surface area contributed by atoms with Gasteiger partial charge in [-0.3, -0.25) is 4.90 Å². The SMILES string of the molecule is Nc1nc2c(s1)CN(Cc1ccc(Cl)cc1Cl)C2. The van der Waals surface area contributed by atoms with Gasteiger partial charge in [-0.15, -0.1) is 11.3 Å². The second kappa shape index (κ2) is 4.70. The Morgan fingerprint density at radius 2 is 2.17 bits per heavy atom. The molecule has 0 saturated carbocycles. The zero-order valence-electron chi connectivity index (χ0n) is 9.49. The number of rotatable bonds is 2. The van der Waals surface area contributed by atoms with E-state index in [9.17, 15) is 0 Å². The molecule has 6 heteroatoms. The Labute approximate surface area is 119 Å². The van der Waals surface area contributed by atoms with Crippen molar-refractivity contribution in [3.63, 3.8) is 0 Å². The fourth-order valence-corrected chi connectivity index (χ4v) is 3.48. The number of anilines is 1. The second-order valence-corrected chi connectivity index (χ2v) is 6.26. The molecule has 3 rings (SSSR count). The molecule has 0 radical (unpaired) electrons. The Morgan fingerprint density at radius 1 is 1.33 bits per heavy atom. The summed E-state index contributed by atoms with van der Waals surface area (Å²) in [6, 6.07) is 5.62. The van der Waals surface area contributed by atoms with E-state index in [0.717, 1.165) is 30.9 Å². The molecule has 1 aliphatic heterocycles. The number of nitrogens with zero attached hydrogens (tertiary/aromatic N) is 2. The predicted molar refractivity (Wildman–Crippen MR) is 75.9 cm³/mol. The Balaban J connectivity index is 1.74. The van der Waals surface area contributed by atoms with Crippen LogP contribution in [-0.2, 0) is 19.6 Å². The Bertz CT molecular complexity index is 574. The smallest absolute Gasteiger partial charge is 0.180 e. The van der Waals surface area contributed by atoms with E-state index >= 15 is 0 Å². The zero-order valence-corrected chi connectivity index (χ0v) is 11.8. The summed E-state index contributed by atoms with van der Waals surface area (Å²) in [5.41, 5.74) is 7.87. The lowest BCUT2D eigenvalue weighted by molar-refractivity contribution is 0.275. The maximum atomic E-state index is 6.17. The molecule has 0 atom stereocenters. The van der Waals surface area contributed by atoms with Gasteiger partial charge in [-0.2, -0.15) is 0 Å². The number of thiazole rings is 1. The van der Waals surface area contributed by atoms with E-state index in [1.165, 1.54) is 4.88 Å². The largest absolute Gasteiger partial charge is 0.375 e. The fraction of sp³-hybridized carbons (Fsp3) is 0.250. The van der Waals surface area contributed by atoms with E-state index in [1.807, 2.05) is 12.1 Å². The van der Waals surface area contributed by atoms with Gasteiger partial charge in [0.15, 0.2) is 5.13 Å². The minimum Gasteiger partial charge on any atom is -0.375 e. The molecule has 0 unspecified atom stereocenters. The number of nitrogens with two attached hydrogens (primary N) is 1. The lowest BCUT2D eigenvalue weighted by Crippen LogP contribution is -2.16. The molecule has 0 aliphatic carbocycles. The van der Waals surface area contributed by atoms with Gasteiger partial charge >= 0.3 is 0 Å². The number of hydrogen-bond donors (Lipinski definition) is 1. The fourth-order valence-electron chi connectivity index (χ4n) is 2.12. The summed E-state index contributed by atoms with van der Waals surface area (Å²) in [7, 11) is 0. The van der Waals surface area contributed by atoms with E-state index in [4.69, 9.17) is 28.9 Å². The van der Waals surface area contributed by atoms with Crippen LogP contribution in [0, 0.1) is 0 Å². The summed E-state index contributed by atoms with van der Waals surface area (Å²) in [6.45, 7) is 2.53. The first-order chi connectivity index (χ1) is 8.61. The number of hydrogen-bond acceptors (Lipinski definition) is 4. The van der Waals surface area contributed by atoms with Gasteiger partial charge in [0, 0.05) is 34.6 Å². The maximum absolute atomic E-state index is 6.17. The summed E-state index contributed by atoms with van der Waals surface area (Å²) in [6.07, 6.45) is 0. The topological polar surface area (TPSA) is 42.1 Å². The van der Waals surface area contributed by atoms with Crippen molar-refractivity contribution in [1.82, 2.24) is 9.88 Å². The molecule has 0 bridgehead atoms. The summed E-state index contributed by atoms with van der Waals surface area (Å²) in [5.74, 6) is 0. The highest BCUT2D eigenvalue weighted by Crippen LogP contribution is 2.31. The molecule has 3 nitrogen and oxygen atoms in total. The molecule has 2 aromatic rings. The lowest BCUT2D eigenvalue weighted by atomic mass is 10.2. The van der Waals surface area contributed by atoms with Crippen molar-refractivity contribution in [2.75, 3.05) is 5.73 Å². The van der Waals surface area contributed by atoms with Gasteiger partial charge < -0.3 is 5.73 Å². The summed E-state index contributed by atoms with van der Waals surface area (Å²) in [4.78, 5) is 7.88. The van der Waals surface area contributed by atoms with Crippen molar-refractivity contribution in [2.45, 2.75) is 19.6 Å². The summed E-state index contributed by atoms with van der Waals surface area (Å²) in [5, 5.41) is 2.04. The monoisotopic (exact) mass is 299 g/mol. The average Bonchev–Trinajstić information content (AvgIpc) is 2.79. The van der Waals surface area contributed by atoms with Crippen LogP contribution in [0.2, 0.25) is 10.0 Å². The number of halogens is 2. The van der Waals surface area contributed by atoms with E-state index < -0.39 is 0 Å². The number of fused-ring (bicyclic) bond motifs is 1. The van der Waals surface area contributed by atoms with Crippen molar-refractivity contribution < 1.29 is 0 Å². The van der Waals surface area contributed by atoms with Gasteiger partial charge in [-0.05, 0) is 17.7 Å². The van der Waals surface area contributed by atoms with Gasteiger partial charge in [-0.25, -0.2) is 4.98 Å². The first-order valence-electron chi connectivity index (χ1n) is 5.52. The highest BCUT2D eigenvalue weighted by Gasteiger charge is 2.23. The lowest BCUT2D eigenvalue weighted by Gasteiger charge is -2.15. The van der Waals surface area contributed by atoms with Crippen molar-refractivity contribution >= 4 is 39.7 Å². The third-order valence-corrected chi connectivity index (χ3v) is 4.44. The average molecular weight is 300 g/mol. The third-order valence-electron chi connectivity index (χ3n) is 2.94. The van der Waals surface area contributed by atoms with Crippen LogP contribution in [-0.4, -0.2) is 9.88 Å². The van der Waals surface area contributed by atoms with Crippen molar-refractivity contribution in [3.8, 4) is 0 Å². The molecule has 2 N–H and O–H groups in total. The number of aromatic nitrogens is 1. The number of nitrogen functional groups attached to an aromatic ring is 1. The van der Waals surface area contributed by atoms with Crippen LogP contribution >= 0.6 is 34.5 Å². The molecule has 0 saturated heterocycles. The van der Waals surface area contributed by atoms with Crippen LogP contribution in [0.5, 0.6) is 0 Å². The van der Waals surface area contributed by atoms with Crippen LogP contribution in [0.25, 0.3) is 0 Å². The van der Waals surface area contributed by atoms with Crippen LogP contribution in [0.1, 0.15) is 16.1 Å². The van der Waals surface area contributed by atoms with E-state index in [-0.39, 0.29) is 0 Å². The van der Waals surface area contributed by atoms with Gasteiger partial charge in [0.25, 0.3) is 0 Å². The van der Waals surface area contributed by atoms with Gasteiger partial charge in [-0.1, -0.05) is 29.3 Å². The van der Waals surface area contributed by atoms with Gasteiger partial charge in [0.2, 0.25) is 0 Å². The molecule has 94 valence electrons. The van der Waals surface area contributed by atoms with Crippen molar-refractivity contribution in [3.05, 3.63) is 44.4 Å². The quantitative estimate of drug-likeness (QED) is 0.922. The molecule has 2 heterocycles. The molecule has 1 aromatic heterocycles. The highest BCUT2D eigenvalue weighted by atomic mass is 35.5. The van der Waals surface area contributed by atoms with Gasteiger partial charge in [0.05, 0.1) is 5.69 Å². The van der Waals surface area contributed by atoms with Crippen molar-refractivity contribution in [1.29, 1.82) is 0 Å². The minimum absolute atomic E-state index is 0.657. The first kappa shape index (κ1) is 12.2. The van der Waals surface area contributed by atoms with E-state index in [2.05, 4.69) is 9.88 Å². The predicted octanol–water partition coefficient (Wildman–Crippen LogP) is 3.55. The molecule has 0 spiro atoms. The maximum Gasteiger partial charge on any atom is 0.180 e. The molecule has 0 amide bonds. The highest BCUT2D eigenvalue weighted by molar-refractivity contribution is 7.15. The first-order valence-corrected chi connectivity index (χ1v) is 7.09. The number of benzene rings is 1. The van der Waals surface area contributed by atoms with Crippen LogP contribution in [0.3, 0.4) is 0 Å². The van der Waals surface area contributed by atoms with Crippen LogP contribution < -0.4 is 5.73 Å². The Kier molecular flexibility index (Phi) is 3.20. The molecule has 18 heavy (non-hydrogen) atoms. The molecular weight excluding hydrogens is 289 g/mol. The van der Waals surface area contributed by atoms with Crippen LogP contribution in [0.4, 0.5) is 5.13 Å². The standard InChI is InChI=1S/C12H11Cl2N3S/c13-8-2-1-7(9(14)3-8)4-17-5-10-11(6-17)18-12(15)16-10/h1-3H,4-6H2,(H2,15,16). The second-order valence-electron chi connectivity index (χ2n) is 4.30. The molecule has 1 aliphatic rings. The Morgan fingerprint density at radius 3 is 2.89 bits per heavy atom. The van der Waals surface area contributed by atoms with E-state index in [0.29, 0.717) is 15.2 Å².